The summed E-state index contributed by atoms with van der Waals surface area (Å²) < 4.78 is 5.22. The highest BCUT2D eigenvalue weighted by Crippen LogP contribution is 2.20. The Morgan fingerprint density at radius 3 is 2.50 bits per heavy atom. The van der Waals surface area contributed by atoms with Crippen molar-refractivity contribution in [2.24, 2.45) is 0 Å². The van der Waals surface area contributed by atoms with Crippen LogP contribution in [0.5, 0.6) is 0 Å². The summed E-state index contributed by atoms with van der Waals surface area (Å²) in [6, 6.07) is -0.109. The molecule has 5 heteroatoms. The number of methoxy groups -OCH3 is 1. The third-order valence-corrected chi connectivity index (χ3v) is 2.85. The number of likely N-dealkylation sites (tertiary alicyclic amines) is 1. The first-order chi connectivity index (χ1) is 6.74. The minimum Gasteiger partial charge on any atom is -0.378 e. The second kappa shape index (κ2) is 3.67. The zero-order valence-corrected chi connectivity index (χ0v) is 8.16. The van der Waals surface area contributed by atoms with Crippen molar-refractivity contribution in [2.75, 3.05) is 20.2 Å². The number of rotatable bonds is 2. The minimum absolute atomic E-state index is 0.0546. The van der Waals surface area contributed by atoms with Gasteiger partial charge in [0.1, 0.15) is 0 Å². The third-order valence-electron chi connectivity index (χ3n) is 2.85. The van der Waals surface area contributed by atoms with E-state index in [9.17, 15) is 9.59 Å². The van der Waals surface area contributed by atoms with Gasteiger partial charge in [0.05, 0.1) is 12.1 Å². The molecular weight excluding hydrogens is 184 g/mol. The fraction of sp³-hybridized carbons (Fsp3) is 0.778. The van der Waals surface area contributed by atoms with Crippen LogP contribution in [-0.2, 0) is 14.3 Å². The third kappa shape index (κ3) is 1.42. The molecule has 0 aromatic rings. The Balaban J connectivity index is 2.13. The van der Waals surface area contributed by atoms with E-state index in [0.717, 1.165) is 0 Å². The van der Waals surface area contributed by atoms with Gasteiger partial charge in [-0.3, -0.25) is 14.5 Å². The largest absolute Gasteiger partial charge is 0.378 e. The molecule has 0 aliphatic carbocycles. The normalized spacial score (nSPS) is 33.1. The van der Waals surface area contributed by atoms with Crippen molar-refractivity contribution in [3.05, 3.63) is 0 Å². The summed E-state index contributed by atoms with van der Waals surface area (Å²) in [7, 11) is 1.61. The van der Waals surface area contributed by atoms with E-state index in [0.29, 0.717) is 25.9 Å². The van der Waals surface area contributed by atoms with Crippen molar-refractivity contribution in [2.45, 2.75) is 25.0 Å². The standard InChI is InChI=1S/C9H14N2O3/c1-14-7-5-10-4-6(7)11-8(12)2-3-9(11)13/h6-7,10H,2-5H2,1H3/t6?,7-/m0/s1. The summed E-state index contributed by atoms with van der Waals surface area (Å²) >= 11 is 0. The highest BCUT2D eigenvalue weighted by molar-refractivity contribution is 6.02. The lowest BCUT2D eigenvalue weighted by molar-refractivity contribution is -0.143. The molecule has 2 heterocycles. The second-order valence-corrected chi connectivity index (χ2v) is 3.66. The molecule has 2 fully saturated rings. The monoisotopic (exact) mass is 198 g/mol. The second-order valence-electron chi connectivity index (χ2n) is 3.66. The lowest BCUT2D eigenvalue weighted by atomic mass is 10.2. The molecule has 0 aromatic carbocycles. The van der Waals surface area contributed by atoms with Gasteiger partial charge in [-0.25, -0.2) is 0 Å². The lowest BCUT2D eigenvalue weighted by Gasteiger charge is -2.25. The molecule has 1 N–H and O–H groups in total. The molecule has 78 valence electrons. The molecule has 5 nitrogen and oxygen atoms in total. The zero-order valence-electron chi connectivity index (χ0n) is 8.16. The Bertz CT molecular complexity index is 251. The average molecular weight is 198 g/mol. The molecule has 0 saturated carbocycles. The summed E-state index contributed by atoms with van der Waals surface area (Å²) in [4.78, 5) is 24.3. The van der Waals surface area contributed by atoms with E-state index in [2.05, 4.69) is 5.32 Å². The maximum Gasteiger partial charge on any atom is 0.230 e. The lowest BCUT2D eigenvalue weighted by Crippen LogP contribution is -2.46. The Morgan fingerprint density at radius 1 is 1.29 bits per heavy atom. The number of nitrogens with zero attached hydrogens (tertiary/aromatic N) is 1. The van der Waals surface area contributed by atoms with Gasteiger partial charge in [-0.15, -0.1) is 0 Å². The molecule has 2 saturated heterocycles. The Kier molecular flexibility index (Phi) is 2.52. The SMILES string of the molecule is CO[C@H]1CNCC1N1C(=O)CCC1=O. The first-order valence-corrected chi connectivity index (χ1v) is 4.82. The molecular formula is C9H14N2O3. The van der Waals surface area contributed by atoms with Gasteiger partial charge in [0.2, 0.25) is 11.8 Å². The molecule has 2 aliphatic heterocycles. The van der Waals surface area contributed by atoms with Gasteiger partial charge in [-0.2, -0.15) is 0 Å². The summed E-state index contributed by atoms with van der Waals surface area (Å²) in [6.45, 7) is 1.36. The molecule has 0 bridgehead atoms. The number of carbonyl (C=O) groups excluding carboxylic acids is 2. The molecule has 2 aliphatic rings. The van der Waals surface area contributed by atoms with Crippen LogP contribution in [0.15, 0.2) is 0 Å². The van der Waals surface area contributed by atoms with Crippen LogP contribution >= 0.6 is 0 Å². The molecule has 2 rings (SSSR count). The first kappa shape index (κ1) is 9.61. The zero-order chi connectivity index (χ0) is 10.1. The van der Waals surface area contributed by atoms with Crippen molar-refractivity contribution in [3.63, 3.8) is 0 Å². The average Bonchev–Trinajstić information content (AvgIpc) is 2.73. The van der Waals surface area contributed by atoms with Crippen LogP contribution in [-0.4, -0.2) is 49.1 Å². The van der Waals surface area contributed by atoms with Crippen LogP contribution in [0.25, 0.3) is 0 Å². The van der Waals surface area contributed by atoms with E-state index in [1.807, 2.05) is 0 Å². The number of hydrogen-bond donors (Lipinski definition) is 1. The fourth-order valence-electron chi connectivity index (χ4n) is 2.10. The van der Waals surface area contributed by atoms with E-state index < -0.39 is 0 Å². The maximum atomic E-state index is 11.5. The number of nitrogens with one attached hydrogen (secondary N) is 1. The van der Waals surface area contributed by atoms with Crippen LogP contribution in [0.2, 0.25) is 0 Å². The summed E-state index contributed by atoms with van der Waals surface area (Å²) in [6.07, 6.45) is 0.651. The van der Waals surface area contributed by atoms with Crippen LogP contribution < -0.4 is 5.32 Å². The van der Waals surface area contributed by atoms with Crippen LogP contribution in [0.3, 0.4) is 0 Å². The van der Waals surface area contributed by atoms with Crippen LogP contribution in [0.1, 0.15) is 12.8 Å². The Labute approximate surface area is 82.4 Å². The van der Waals surface area contributed by atoms with E-state index in [-0.39, 0.29) is 24.0 Å². The number of imide groups is 1. The molecule has 14 heavy (non-hydrogen) atoms. The Hall–Kier alpha value is -0.940. The smallest absolute Gasteiger partial charge is 0.230 e. The highest BCUT2D eigenvalue weighted by Gasteiger charge is 2.41. The van der Waals surface area contributed by atoms with Crippen molar-refractivity contribution < 1.29 is 14.3 Å². The van der Waals surface area contributed by atoms with Gasteiger partial charge in [0.25, 0.3) is 0 Å². The molecule has 2 amide bonds. The molecule has 2 atom stereocenters. The van der Waals surface area contributed by atoms with E-state index in [1.54, 1.807) is 7.11 Å². The van der Waals surface area contributed by atoms with Crippen LogP contribution in [0.4, 0.5) is 0 Å². The highest BCUT2D eigenvalue weighted by atomic mass is 16.5. The topological polar surface area (TPSA) is 58.6 Å². The van der Waals surface area contributed by atoms with Gasteiger partial charge in [-0.05, 0) is 0 Å². The summed E-state index contributed by atoms with van der Waals surface area (Å²) in [5, 5.41) is 3.12. The van der Waals surface area contributed by atoms with Gasteiger partial charge < -0.3 is 10.1 Å². The predicted octanol–water partition coefficient (Wildman–Crippen LogP) is -0.878. The number of carbonyl (C=O) groups is 2. The molecule has 0 radical (unpaired) electrons. The van der Waals surface area contributed by atoms with E-state index in [4.69, 9.17) is 4.74 Å². The Morgan fingerprint density at radius 2 is 1.93 bits per heavy atom. The fourth-order valence-corrected chi connectivity index (χ4v) is 2.10. The summed E-state index contributed by atoms with van der Waals surface area (Å²) in [5.41, 5.74) is 0. The van der Waals surface area contributed by atoms with Crippen molar-refractivity contribution >= 4 is 11.8 Å². The van der Waals surface area contributed by atoms with Gasteiger partial charge >= 0.3 is 0 Å². The summed E-state index contributed by atoms with van der Waals surface area (Å²) in [5.74, 6) is -0.128. The maximum absolute atomic E-state index is 11.5. The minimum atomic E-state index is -0.109. The number of amides is 2. The van der Waals surface area contributed by atoms with Crippen molar-refractivity contribution in [1.29, 1.82) is 0 Å². The van der Waals surface area contributed by atoms with E-state index >= 15 is 0 Å². The molecule has 0 spiro atoms. The quantitative estimate of drug-likeness (QED) is 0.585. The number of hydrogen-bond acceptors (Lipinski definition) is 4. The predicted molar refractivity (Wildman–Crippen MR) is 48.5 cm³/mol. The van der Waals surface area contributed by atoms with E-state index in [1.165, 1.54) is 4.90 Å². The van der Waals surface area contributed by atoms with Gasteiger partial charge in [-0.1, -0.05) is 0 Å². The van der Waals surface area contributed by atoms with Crippen molar-refractivity contribution in [3.8, 4) is 0 Å². The van der Waals surface area contributed by atoms with Gasteiger partial charge in [0, 0.05) is 33.0 Å². The van der Waals surface area contributed by atoms with Crippen LogP contribution in [0, 0.1) is 0 Å². The molecule has 0 aromatic heterocycles. The first-order valence-electron chi connectivity index (χ1n) is 4.82. The number of ether oxygens (including phenoxy) is 1. The van der Waals surface area contributed by atoms with Gasteiger partial charge in [0.15, 0.2) is 0 Å². The molecule has 1 unspecified atom stereocenters. The van der Waals surface area contributed by atoms with Crippen molar-refractivity contribution in [1.82, 2.24) is 10.2 Å².